The molecule has 26 heavy (non-hydrogen) atoms. The maximum absolute atomic E-state index is 12.5. The molecular formula is C17H17F3N2O3S. The van der Waals surface area contributed by atoms with Crippen LogP contribution in [0.2, 0.25) is 0 Å². The molecule has 5 nitrogen and oxygen atoms in total. The van der Waals surface area contributed by atoms with E-state index in [1.165, 1.54) is 18.2 Å². The standard InChI is InChI=1S/C17H17F3N2O3S/c1-11-6-7-15(12(2)8-11)22-26(24,25)14-5-3-4-13(9-14)16(23)21-10-17(18,19)20/h3-9,22H,10H2,1-2H3,(H,21,23). The van der Waals surface area contributed by atoms with Crippen LogP contribution in [0.25, 0.3) is 0 Å². The van der Waals surface area contributed by atoms with Gasteiger partial charge in [-0.2, -0.15) is 13.2 Å². The van der Waals surface area contributed by atoms with E-state index in [1.54, 1.807) is 30.4 Å². The smallest absolute Gasteiger partial charge is 0.343 e. The van der Waals surface area contributed by atoms with Crippen LogP contribution in [0.15, 0.2) is 47.4 Å². The second kappa shape index (κ2) is 7.36. The number of hydrogen-bond acceptors (Lipinski definition) is 3. The zero-order chi connectivity index (χ0) is 19.5. The van der Waals surface area contributed by atoms with E-state index in [4.69, 9.17) is 0 Å². The molecule has 2 aromatic carbocycles. The van der Waals surface area contributed by atoms with Gasteiger partial charge in [0.15, 0.2) is 0 Å². The first kappa shape index (κ1) is 19.8. The molecule has 0 aliphatic heterocycles. The predicted octanol–water partition coefficient (Wildman–Crippen LogP) is 3.40. The Morgan fingerprint density at radius 3 is 2.38 bits per heavy atom. The first-order valence-corrected chi connectivity index (χ1v) is 9.01. The number of sulfonamides is 1. The molecule has 0 bridgehead atoms. The highest BCUT2D eigenvalue weighted by Crippen LogP contribution is 2.21. The Labute approximate surface area is 149 Å². The summed E-state index contributed by atoms with van der Waals surface area (Å²) >= 11 is 0. The Morgan fingerprint density at radius 1 is 1.08 bits per heavy atom. The van der Waals surface area contributed by atoms with Crippen molar-refractivity contribution in [3.8, 4) is 0 Å². The summed E-state index contributed by atoms with van der Waals surface area (Å²) in [5.74, 6) is -1.01. The fourth-order valence-electron chi connectivity index (χ4n) is 2.22. The maximum atomic E-state index is 12.5. The Morgan fingerprint density at radius 2 is 1.77 bits per heavy atom. The first-order valence-electron chi connectivity index (χ1n) is 7.53. The molecule has 0 heterocycles. The van der Waals surface area contributed by atoms with Crippen molar-refractivity contribution in [1.82, 2.24) is 5.32 Å². The van der Waals surface area contributed by atoms with Crippen LogP contribution in [0.3, 0.4) is 0 Å². The minimum absolute atomic E-state index is 0.183. The third-order valence-electron chi connectivity index (χ3n) is 3.48. The van der Waals surface area contributed by atoms with Gasteiger partial charge in [0.05, 0.1) is 10.6 Å². The highest BCUT2D eigenvalue weighted by Gasteiger charge is 2.28. The Hall–Kier alpha value is -2.55. The van der Waals surface area contributed by atoms with E-state index >= 15 is 0 Å². The molecule has 0 aliphatic carbocycles. The van der Waals surface area contributed by atoms with E-state index in [0.29, 0.717) is 11.3 Å². The molecule has 0 aliphatic rings. The third-order valence-corrected chi connectivity index (χ3v) is 4.85. The van der Waals surface area contributed by atoms with Crippen molar-refractivity contribution in [3.05, 3.63) is 59.2 Å². The predicted molar refractivity (Wildman–Crippen MR) is 91.6 cm³/mol. The van der Waals surface area contributed by atoms with Crippen molar-refractivity contribution >= 4 is 21.6 Å². The molecule has 0 saturated carbocycles. The second-order valence-electron chi connectivity index (χ2n) is 5.75. The van der Waals surface area contributed by atoms with Gasteiger partial charge in [-0.3, -0.25) is 9.52 Å². The summed E-state index contributed by atoms with van der Waals surface area (Å²) in [4.78, 5) is 11.6. The van der Waals surface area contributed by atoms with Crippen molar-refractivity contribution in [1.29, 1.82) is 0 Å². The molecule has 140 valence electrons. The molecule has 0 saturated heterocycles. The number of aryl methyl sites for hydroxylation is 2. The lowest BCUT2D eigenvalue weighted by atomic mass is 10.1. The monoisotopic (exact) mass is 386 g/mol. The molecule has 0 aromatic heterocycles. The van der Waals surface area contributed by atoms with E-state index in [-0.39, 0.29) is 10.5 Å². The first-order chi connectivity index (χ1) is 12.0. The molecule has 9 heteroatoms. The summed E-state index contributed by atoms with van der Waals surface area (Å²) in [6.07, 6.45) is -4.55. The second-order valence-corrected chi connectivity index (χ2v) is 7.43. The number of amides is 1. The summed E-state index contributed by atoms with van der Waals surface area (Å²) in [5, 5.41) is 1.70. The van der Waals surface area contributed by atoms with Crippen molar-refractivity contribution in [2.24, 2.45) is 0 Å². The van der Waals surface area contributed by atoms with Crippen LogP contribution in [-0.4, -0.2) is 27.0 Å². The molecule has 0 spiro atoms. The number of carbonyl (C=O) groups excluding carboxylic acids is 1. The maximum Gasteiger partial charge on any atom is 0.405 e. The van der Waals surface area contributed by atoms with Crippen molar-refractivity contribution < 1.29 is 26.4 Å². The summed E-state index contributed by atoms with van der Waals surface area (Å²) in [6.45, 7) is 2.11. The van der Waals surface area contributed by atoms with Gasteiger partial charge in [-0.25, -0.2) is 8.42 Å². The van der Waals surface area contributed by atoms with Crippen LogP contribution in [-0.2, 0) is 10.0 Å². The largest absolute Gasteiger partial charge is 0.405 e. The van der Waals surface area contributed by atoms with Crippen LogP contribution < -0.4 is 10.0 Å². The van der Waals surface area contributed by atoms with E-state index in [1.807, 2.05) is 6.92 Å². The molecule has 0 unspecified atom stereocenters. The number of benzene rings is 2. The van der Waals surface area contributed by atoms with Crippen molar-refractivity contribution in [2.75, 3.05) is 11.3 Å². The number of carbonyl (C=O) groups is 1. The quantitative estimate of drug-likeness (QED) is 0.827. The van der Waals surface area contributed by atoms with E-state index < -0.39 is 28.7 Å². The zero-order valence-corrected chi connectivity index (χ0v) is 14.8. The van der Waals surface area contributed by atoms with Gasteiger partial charge in [0.2, 0.25) is 0 Å². The molecule has 2 N–H and O–H groups in total. The van der Waals surface area contributed by atoms with Gasteiger partial charge in [-0.1, -0.05) is 23.8 Å². The van der Waals surface area contributed by atoms with Gasteiger partial charge in [-0.05, 0) is 43.7 Å². The minimum atomic E-state index is -4.55. The van der Waals surface area contributed by atoms with Gasteiger partial charge in [0, 0.05) is 5.56 Å². The summed E-state index contributed by atoms with van der Waals surface area (Å²) in [5.41, 5.74) is 1.88. The topological polar surface area (TPSA) is 75.3 Å². The number of hydrogen-bond donors (Lipinski definition) is 2. The van der Waals surface area contributed by atoms with Crippen LogP contribution in [0.1, 0.15) is 21.5 Å². The molecule has 2 aromatic rings. The van der Waals surface area contributed by atoms with Gasteiger partial charge < -0.3 is 5.32 Å². The van der Waals surface area contributed by atoms with Crippen LogP contribution >= 0.6 is 0 Å². The highest BCUT2D eigenvalue weighted by atomic mass is 32.2. The van der Waals surface area contributed by atoms with Crippen LogP contribution in [0.5, 0.6) is 0 Å². The number of alkyl halides is 3. The Kier molecular flexibility index (Phi) is 5.60. The van der Waals surface area contributed by atoms with E-state index in [2.05, 4.69) is 4.72 Å². The Bertz CT molecular complexity index is 925. The molecule has 2 rings (SSSR count). The molecule has 0 atom stereocenters. The summed E-state index contributed by atoms with van der Waals surface area (Å²) in [7, 11) is -4.00. The zero-order valence-electron chi connectivity index (χ0n) is 14.0. The molecule has 0 fully saturated rings. The van der Waals surface area contributed by atoms with E-state index in [9.17, 15) is 26.4 Å². The fraction of sp³-hybridized carbons (Fsp3) is 0.235. The SMILES string of the molecule is Cc1ccc(NS(=O)(=O)c2cccc(C(=O)NCC(F)(F)F)c2)c(C)c1. The average Bonchev–Trinajstić information content (AvgIpc) is 2.54. The van der Waals surface area contributed by atoms with Gasteiger partial charge in [0.25, 0.3) is 15.9 Å². The minimum Gasteiger partial charge on any atom is -0.343 e. The molecule has 1 amide bonds. The van der Waals surface area contributed by atoms with Crippen molar-refractivity contribution in [2.45, 2.75) is 24.9 Å². The summed E-state index contributed by atoms with van der Waals surface area (Å²) < 4.78 is 64.0. The number of anilines is 1. The summed E-state index contributed by atoms with van der Waals surface area (Å²) in [6, 6.07) is 9.97. The van der Waals surface area contributed by atoms with E-state index in [0.717, 1.165) is 11.6 Å². The van der Waals surface area contributed by atoms with Crippen molar-refractivity contribution in [3.63, 3.8) is 0 Å². The molecular weight excluding hydrogens is 369 g/mol. The van der Waals surface area contributed by atoms with Gasteiger partial charge in [-0.15, -0.1) is 0 Å². The van der Waals surface area contributed by atoms with Crippen LogP contribution in [0.4, 0.5) is 18.9 Å². The number of rotatable bonds is 5. The Balaban J connectivity index is 2.23. The van der Waals surface area contributed by atoms with Crippen LogP contribution in [0, 0.1) is 13.8 Å². The lowest BCUT2D eigenvalue weighted by Crippen LogP contribution is -2.33. The number of halogens is 3. The number of nitrogens with one attached hydrogen (secondary N) is 2. The third kappa shape index (κ3) is 5.22. The molecule has 0 radical (unpaired) electrons. The van der Waals surface area contributed by atoms with Gasteiger partial charge in [0.1, 0.15) is 6.54 Å². The normalized spacial score (nSPS) is 11.9. The average molecular weight is 386 g/mol. The highest BCUT2D eigenvalue weighted by molar-refractivity contribution is 7.92. The fourth-order valence-corrected chi connectivity index (χ4v) is 3.40. The lowest BCUT2D eigenvalue weighted by molar-refractivity contribution is -0.123. The van der Waals surface area contributed by atoms with Gasteiger partial charge >= 0.3 is 6.18 Å². The lowest BCUT2D eigenvalue weighted by Gasteiger charge is -2.12.